The van der Waals surface area contributed by atoms with Crippen LogP contribution in [-0.4, -0.2) is 43.4 Å². The molecule has 0 bridgehead atoms. The van der Waals surface area contributed by atoms with Gasteiger partial charge in [0.1, 0.15) is 0 Å². The van der Waals surface area contributed by atoms with Crippen molar-refractivity contribution < 1.29 is 33.3 Å². The van der Waals surface area contributed by atoms with E-state index in [1.807, 2.05) is 20.8 Å². The number of halogens is 1. The first-order valence-electron chi connectivity index (χ1n) is 13.3. The van der Waals surface area contributed by atoms with Crippen LogP contribution in [0.5, 0.6) is 23.0 Å². The molecule has 0 spiro atoms. The zero-order chi connectivity index (χ0) is 30.6. The molecule has 12 heteroatoms. The molecule has 0 radical (unpaired) electrons. The van der Waals surface area contributed by atoms with E-state index in [-0.39, 0.29) is 16.9 Å². The highest BCUT2D eigenvalue weighted by Gasteiger charge is 2.33. The number of hydrogen-bond donors (Lipinski definition) is 0. The van der Waals surface area contributed by atoms with Gasteiger partial charge in [0.05, 0.1) is 53.2 Å². The number of thiazole rings is 1. The van der Waals surface area contributed by atoms with Crippen molar-refractivity contribution in [3.63, 3.8) is 0 Å². The second-order valence-corrected chi connectivity index (χ2v) is 10.9. The Morgan fingerprint density at radius 3 is 2.33 bits per heavy atom. The van der Waals surface area contributed by atoms with E-state index in [0.717, 1.165) is 0 Å². The third-order valence-corrected chi connectivity index (χ3v) is 7.76. The molecular formula is C30H31BrN2O8S. The van der Waals surface area contributed by atoms with E-state index in [4.69, 9.17) is 23.7 Å². The summed E-state index contributed by atoms with van der Waals surface area (Å²) < 4.78 is 30.0. The maximum Gasteiger partial charge on any atom is 0.338 e. The van der Waals surface area contributed by atoms with Gasteiger partial charge in [0.2, 0.25) is 0 Å². The number of esters is 2. The number of hydrogen-bond acceptors (Lipinski definition) is 10. The van der Waals surface area contributed by atoms with Gasteiger partial charge < -0.3 is 23.7 Å². The average Bonchev–Trinajstić information content (AvgIpc) is 3.24. The van der Waals surface area contributed by atoms with Gasteiger partial charge in [-0.25, -0.2) is 9.79 Å². The summed E-state index contributed by atoms with van der Waals surface area (Å²) in [5.41, 5.74) is 1.61. The number of ether oxygens (including phenoxy) is 5. The minimum atomic E-state index is -0.817. The molecule has 3 aromatic rings. The zero-order valence-electron chi connectivity index (χ0n) is 24.1. The zero-order valence-corrected chi connectivity index (χ0v) is 26.5. The van der Waals surface area contributed by atoms with Gasteiger partial charge in [-0.3, -0.25) is 14.2 Å². The molecule has 222 valence electrons. The van der Waals surface area contributed by atoms with Gasteiger partial charge in [0.15, 0.2) is 27.8 Å². The molecule has 0 saturated heterocycles. The largest absolute Gasteiger partial charge is 0.490 e. The van der Waals surface area contributed by atoms with Crippen LogP contribution in [0.2, 0.25) is 0 Å². The number of aromatic nitrogens is 1. The van der Waals surface area contributed by atoms with Crippen LogP contribution in [0.25, 0.3) is 6.08 Å². The van der Waals surface area contributed by atoms with E-state index in [1.54, 1.807) is 43.3 Å². The Morgan fingerprint density at radius 1 is 1.02 bits per heavy atom. The number of benzene rings is 2. The summed E-state index contributed by atoms with van der Waals surface area (Å²) in [5, 5.41) is 0. The first kappa shape index (κ1) is 31.0. The van der Waals surface area contributed by atoms with Crippen LogP contribution in [0.1, 0.15) is 51.8 Å². The van der Waals surface area contributed by atoms with E-state index >= 15 is 0 Å². The number of carbonyl (C=O) groups is 2. The lowest BCUT2D eigenvalue weighted by Gasteiger charge is -2.25. The van der Waals surface area contributed by atoms with E-state index in [2.05, 4.69) is 20.9 Å². The van der Waals surface area contributed by atoms with Gasteiger partial charge >= 0.3 is 11.9 Å². The molecule has 10 nitrogen and oxygen atoms in total. The maximum atomic E-state index is 14.0. The molecular weight excluding hydrogens is 628 g/mol. The van der Waals surface area contributed by atoms with Crippen LogP contribution in [0.4, 0.5) is 0 Å². The number of methoxy groups -OCH3 is 1. The highest BCUT2D eigenvalue weighted by molar-refractivity contribution is 9.10. The number of nitrogens with zero attached hydrogens (tertiary/aromatic N) is 2. The van der Waals surface area contributed by atoms with Crippen LogP contribution >= 0.6 is 27.3 Å². The SMILES string of the molecule is CCOc1ccc([C@H]2C(C(=O)OC)=C(C)N=c3s/c(=C\c4cc(Br)c(OC(C)=O)c(OCC)c4)c(=O)n32)cc1OCC. The Hall–Kier alpha value is -3.90. The molecule has 0 fully saturated rings. The van der Waals surface area contributed by atoms with E-state index in [1.165, 1.54) is 29.9 Å². The fraction of sp³-hybridized carbons (Fsp3) is 0.333. The first-order valence-corrected chi connectivity index (χ1v) is 14.9. The molecule has 0 unspecified atom stereocenters. The number of carbonyl (C=O) groups excluding carboxylic acids is 2. The molecule has 1 aromatic heterocycles. The van der Waals surface area contributed by atoms with Gasteiger partial charge in [0.25, 0.3) is 5.56 Å². The molecule has 1 atom stereocenters. The summed E-state index contributed by atoms with van der Waals surface area (Å²) in [6, 6.07) is 7.94. The lowest BCUT2D eigenvalue weighted by Crippen LogP contribution is -2.39. The van der Waals surface area contributed by atoms with Crippen molar-refractivity contribution in [2.45, 2.75) is 40.7 Å². The standard InChI is InChI=1S/C30H31BrN2O8S/c1-7-38-21-11-10-19(15-22(21)39-8-2)26-25(29(36)37-6)16(4)32-30-33(26)28(35)24(42-30)14-18-12-20(31)27(41-17(5)34)23(13-18)40-9-3/h10-15,26H,7-9H2,1-6H3/b24-14-/t26-/m0/s1. The first-order chi connectivity index (χ1) is 20.1. The third kappa shape index (κ3) is 6.29. The van der Waals surface area contributed by atoms with Gasteiger partial charge in [-0.15, -0.1) is 0 Å². The molecule has 1 aliphatic rings. The quantitative estimate of drug-likeness (QED) is 0.234. The lowest BCUT2D eigenvalue weighted by molar-refractivity contribution is -0.136. The van der Waals surface area contributed by atoms with E-state index in [0.29, 0.717) is 67.7 Å². The molecule has 0 amide bonds. The van der Waals surface area contributed by atoms with Crippen molar-refractivity contribution in [2.24, 2.45) is 4.99 Å². The fourth-order valence-corrected chi connectivity index (χ4v) is 6.16. The van der Waals surface area contributed by atoms with Crippen molar-refractivity contribution in [1.29, 1.82) is 0 Å². The van der Waals surface area contributed by atoms with Crippen LogP contribution in [0, 0.1) is 0 Å². The average molecular weight is 660 g/mol. The van der Waals surface area contributed by atoms with Crippen molar-refractivity contribution in [2.75, 3.05) is 26.9 Å². The molecule has 4 rings (SSSR count). The predicted octanol–water partition coefficient (Wildman–Crippen LogP) is 4.29. The van der Waals surface area contributed by atoms with Crippen molar-refractivity contribution >= 4 is 45.3 Å². The fourth-order valence-electron chi connectivity index (χ4n) is 4.57. The summed E-state index contributed by atoms with van der Waals surface area (Å²) in [6.45, 7) is 9.77. The summed E-state index contributed by atoms with van der Waals surface area (Å²) in [7, 11) is 1.29. The molecule has 2 aromatic carbocycles. The van der Waals surface area contributed by atoms with E-state index in [9.17, 15) is 14.4 Å². The highest BCUT2D eigenvalue weighted by atomic mass is 79.9. The van der Waals surface area contributed by atoms with Gasteiger partial charge in [-0.05, 0) is 85.1 Å². The Labute approximate surface area is 255 Å². The summed E-state index contributed by atoms with van der Waals surface area (Å²) in [5.74, 6) is 0.579. The Morgan fingerprint density at radius 2 is 1.69 bits per heavy atom. The second-order valence-electron chi connectivity index (χ2n) is 9.00. The van der Waals surface area contributed by atoms with Crippen LogP contribution < -0.4 is 33.8 Å². The number of fused-ring (bicyclic) bond motifs is 1. The normalized spacial score (nSPS) is 14.6. The summed E-state index contributed by atoms with van der Waals surface area (Å²) >= 11 is 4.64. The molecule has 0 aliphatic carbocycles. The number of rotatable bonds is 10. The molecule has 0 N–H and O–H groups in total. The minimum Gasteiger partial charge on any atom is -0.490 e. The van der Waals surface area contributed by atoms with Crippen molar-refractivity contribution in [3.05, 3.63) is 76.9 Å². The van der Waals surface area contributed by atoms with Crippen molar-refractivity contribution in [1.82, 2.24) is 4.57 Å². The Balaban J connectivity index is 1.93. The van der Waals surface area contributed by atoms with Crippen molar-refractivity contribution in [3.8, 4) is 23.0 Å². The van der Waals surface area contributed by atoms with E-state index < -0.39 is 18.0 Å². The molecule has 42 heavy (non-hydrogen) atoms. The van der Waals surface area contributed by atoms with Crippen LogP contribution in [0.3, 0.4) is 0 Å². The lowest BCUT2D eigenvalue weighted by atomic mass is 9.95. The van der Waals surface area contributed by atoms with Gasteiger partial charge in [-0.1, -0.05) is 17.4 Å². The molecule has 2 heterocycles. The predicted molar refractivity (Wildman–Crippen MR) is 161 cm³/mol. The highest BCUT2D eigenvalue weighted by Crippen LogP contribution is 2.38. The van der Waals surface area contributed by atoms with Crippen LogP contribution in [-0.2, 0) is 14.3 Å². The van der Waals surface area contributed by atoms with Gasteiger partial charge in [-0.2, -0.15) is 0 Å². The Bertz CT molecular complexity index is 1740. The van der Waals surface area contributed by atoms with Crippen LogP contribution in [0.15, 0.2) is 55.9 Å². The van der Waals surface area contributed by atoms with Gasteiger partial charge in [0, 0.05) is 6.92 Å². The Kier molecular flexibility index (Phi) is 9.89. The summed E-state index contributed by atoms with van der Waals surface area (Å²) in [4.78, 5) is 43.7. The minimum absolute atomic E-state index is 0.246. The topological polar surface area (TPSA) is 115 Å². The maximum absolute atomic E-state index is 14.0. The smallest absolute Gasteiger partial charge is 0.338 e. The monoisotopic (exact) mass is 658 g/mol. The third-order valence-electron chi connectivity index (χ3n) is 6.19. The molecule has 1 aliphatic heterocycles. The number of allylic oxidation sites excluding steroid dienone is 1. The second kappa shape index (κ2) is 13.4. The summed E-state index contributed by atoms with van der Waals surface area (Å²) in [6.07, 6.45) is 1.70. The molecule has 0 saturated carbocycles.